The van der Waals surface area contributed by atoms with Gasteiger partial charge in [-0.05, 0) is 60.5 Å². The van der Waals surface area contributed by atoms with Gasteiger partial charge in [0, 0.05) is 36.6 Å². The van der Waals surface area contributed by atoms with Crippen molar-refractivity contribution in [2.75, 3.05) is 23.4 Å². The third-order valence-corrected chi connectivity index (χ3v) is 7.38. The van der Waals surface area contributed by atoms with E-state index in [4.69, 9.17) is 15.5 Å². The summed E-state index contributed by atoms with van der Waals surface area (Å²) in [6.07, 6.45) is 2.49. The lowest BCUT2D eigenvalue weighted by molar-refractivity contribution is -0.136. The fourth-order valence-corrected chi connectivity index (χ4v) is 4.59. The number of carboxylic acid groups (broad SMARTS) is 1. The van der Waals surface area contributed by atoms with Crippen molar-refractivity contribution in [3.05, 3.63) is 83.8 Å². The monoisotopic (exact) mass is 599 g/mol. The van der Waals surface area contributed by atoms with E-state index in [1.165, 1.54) is 4.90 Å². The lowest BCUT2D eigenvalue weighted by Gasteiger charge is -2.21. The van der Waals surface area contributed by atoms with Gasteiger partial charge in [0.1, 0.15) is 17.5 Å². The summed E-state index contributed by atoms with van der Waals surface area (Å²) in [6.45, 7) is 4.81. The maximum absolute atomic E-state index is 13.4. The molecule has 2 aromatic carbocycles. The number of nitrogens with two attached hydrogens (primary N) is 1. The molecule has 230 valence electrons. The molecule has 44 heavy (non-hydrogen) atoms. The van der Waals surface area contributed by atoms with E-state index >= 15 is 0 Å². The van der Waals surface area contributed by atoms with Crippen molar-refractivity contribution >= 4 is 46.3 Å². The van der Waals surface area contributed by atoms with Gasteiger partial charge in [0.15, 0.2) is 0 Å². The molecule has 12 heteroatoms. The van der Waals surface area contributed by atoms with Crippen molar-refractivity contribution < 1.29 is 24.2 Å². The normalized spacial score (nSPS) is 11.5. The van der Waals surface area contributed by atoms with E-state index in [-0.39, 0.29) is 24.7 Å². The maximum Gasteiger partial charge on any atom is 0.435 e. The van der Waals surface area contributed by atoms with Gasteiger partial charge in [0.05, 0.1) is 30.6 Å². The summed E-state index contributed by atoms with van der Waals surface area (Å²) in [5, 5.41) is 12.5. The Bertz CT molecular complexity index is 1630. The summed E-state index contributed by atoms with van der Waals surface area (Å²) in [7, 11) is 1.89. The molecular weight excluding hydrogens is 562 g/mol. The van der Waals surface area contributed by atoms with Crippen LogP contribution in [-0.4, -0.2) is 56.6 Å². The number of hydrogen-bond donors (Lipinski definition) is 3. The molecule has 2 amide bonds. The number of nitrogens with zero attached hydrogens (tertiary/aromatic N) is 5. The fourth-order valence-electron chi connectivity index (χ4n) is 4.59. The van der Waals surface area contributed by atoms with Crippen LogP contribution in [0.4, 0.5) is 16.3 Å². The summed E-state index contributed by atoms with van der Waals surface area (Å²) in [5.41, 5.74) is 9.27. The number of imidazole rings is 1. The van der Waals surface area contributed by atoms with Crippen LogP contribution >= 0.6 is 0 Å². The Kier molecular flexibility index (Phi) is 10.6. The largest absolute Gasteiger partial charge is 0.481 e. The number of aliphatic imine (C=N–C) groups is 1. The molecular formula is C32H37N7O5. The molecule has 0 fully saturated rings. The molecule has 12 nitrogen and oxygen atoms in total. The smallest absolute Gasteiger partial charge is 0.435 e. The van der Waals surface area contributed by atoms with Crippen molar-refractivity contribution in [1.82, 2.24) is 14.5 Å². The van der Waals surface area contributed by atoms with Crippen LogP contribution in [0.1, 0.15) is 54.9 Å². The van der Waals surface area contributed by atoms with Crippen LogP contribution in [0.25, 0.3) is 11.0 Å². The van der Waals surface area contributed by atoms with Crippen molar-refractivity contribution in [2.24, 2.45) is 23.7 Å². The molecule has 0 spiro atoms. The minimum absolute atomic E-state index is 0.0146. The maximum atomic E-state index is 13.4. The van der Waals surface area contributed by atoms with E-state index in [1.54, 1.807) is 48.7 Å². The molecule has 4 rings (SSSR count). The number of amidine groups is 1. The number of aliphatic carboxylic acids is 1. The van der Waals surface area contributed by atoms with Gasteiger partial charge in [-0.2, -0.15) is 4.99 Å². The second-order valence-corrected chi connectivity index (χ2v) is 10.3. The highest BCUT2D eigenvalue weighted by atomic mass is 16.5. The van der Waals surface area contributed by atoms with Gasteiger partial charge in [-0.25, -0.2) is 14.8 Å². The number of carboxylic acids is 1. The average Bonchev–Trinajstić information content (AvgIpc) is 3.35. The topological polar surface area (TPSA) is 165 Å². The number of benzene rings is 2. The van der Waals surface area contributed by atoms with Crippen LogP contribution in [0, 0.1) is 5.92 Å². The first-order valence-corrected chi connectivity index (χ1v) is 14.4. The molecule has 0 saturated heterocycles. The number of carbonyl (C=O) groups excluding carboxylic acids is 2. The Morgan fingerprint density at radius 3 is 2.45 bits per heavy atom. The number of rotatable bonds is 13. The standard InChI is InChI=1S/C32H37N7O5/c1-4-21(5-2)20-44-32(43)37-30(33)22-9-12-24(13-10-22)35-19-28-36-25-18-23(11-14-26(25)38(28)3)31(42)39(17-15-29(40)41)27-8-6-7-16-34-27/h6-14,16,18,21,35H,4-5,15,17,19-20H2,1-3H3,(H,40,41)(H2,33,37,43). The fraction of sp³-hybridized carbons (Fsp3) is 0.312. The van der Waals surface area contributed by atoms with Gasteiger partial charge in [0.25, 0.3) is 5.91 Å². The summed E-state index contributed by atoms with van der Waals surface area (Å²) in [5.74, 6) is 0.133. The Hall–Kier alpha value is -5.26. The molecule has 0 aliphatic rings. The minimum Gasteiger partial charge on any atom is -0.481 e. The van der Waals surface area contributed by atoms with E-state index in [1.807, 2.05) is 29.8 Å². The van der Waals surface area contributed by atoms with Gasteiger partial charge in [0.2, 0.25) is 0 Å². The van der Waals surface area contributed by atoms with Crippen LogP contribution in [0.5, 0.6) is 0 Å². The molecule has 4 aromatic rings. The molecule has 2 heterocycles. The first kappa shape index (κ1) is 31.7. The molecule has 0 atom stereocenters. The van der Waals surface area contributed by atoms with Crippen LogP contribution in [0.3, 0.4) is 0 Å². The number of aryl methyl sites for hydroxylation is 1. The summed E-state index contributed by atoms with van der Waals surface area (Å²) in [4.78, 5) is 50.9. The van der Waals surface area contributed by atoms with Crippen molar-refractivity contribution in [2.45, 2.75) is 39.7 Å². The van der Waals surface area contributed by atoms with Crippen molar-refractivity contribution in [3.63, 3.8) is 0 Å². The highest BCUT2D eigenvalue weighted by Gasteiger charge is 2.21. The molecule has 0 aliphatic heterocycles. The van der Waals surface area contributed by atoms with Gasteiger partial charge >= 0.3 is 12.1 Å². The van der Waals surface area contributed by atoms with Gasteiger partial charge in [-0.3, -0.25) is 14.5 Å². The third kappa shape index (κ3) is 7.97. The molecule has 4 N–H and O–H groups in total. The van der Waals surface area contributed by atoms with Crippen LogP contribution in [-0.2, 0) is 23.1 Å². The molecule has 0 radical (unpaired) electrons. The number of aromatic nitrogens is 3. The van der Waals surface area contributed by atoms with Crippen molar-refractivity contribution in [3.8, 4) is 0 Å². The van der Waals surface area contributed by atoms with Crippen molar-refractivity contribution in [1.29, 1.82) is 0 Å². The molecule has 0 bridgehead atoms. The number of fused-ring (bicyclic) bond motifs is 1. The van der Waals surface area contributed by atoms with Crippen LogP contribution < -0.4 is 16.0 Å². The Labute approximate surface area is 255 Å². The SMILES string of the molecule is CCC(CC)COC(=O)/N=C(/N)c1ccc(NCc2nc3cc(C(=O)N(CCC(=O)O)c4ccccn4)ccc3n2C)cc1. The van der Waals surface area contributed by atoms with E-state index in [9.17, 15) is 19.5 Å². The predicted octanol–water partition coefficient (Wildman–Crippen LogP) is 4.98. The zero-order valence-corrected chi connectivity index (χ0v) is 25.1. The number of hydrogen-bond acceptors (Lipinski definition) is 7. The number of anilines is 2. The second kappa shape index (κ2) is 14.8. The predicted molar refractivity (Wildman–Crippen MR) is 169 cm³/mol. The van der Waals surface area contributed by atoms with E-state index in [0.29, 0.717) is 41.5 Å². The first-order chi connectivity index (χ1) is 21.2. The van der Waals surface area contributed by atoms with E-state index in [2.05, 4.69) is 29.1 Å². The Balaban J connectivity index is 1.43. The summed E-state index contributed by atoms with van der Waals surface area (Å²) < 4.78 is 7.16. The molecule has 0 unspecified atom stereocenters. The minimum atomic E-state index is -1.00. The highest BCUT2D eigenvalue weighted by Crippen LogP contribution is 2.21. The second-order valence-electron chi connectivity index (χ2n) is 10.3. The first-order valence-electron chi connectivity index (χ1n) is 14.4. The third-order valence-electron chi connectivity index (χ3n) is 7.38. The van der Waals surface area contributed by atoms with E-state index < -0.39 is 12.1 Å². The van der Waals surface area contributed by atoms with Crippen LogP contribution in [0.15, 0.2) is 71.9 Å². The Morgan fingerprint density at radius 1 is 1.07 bits per heavy atom. The quantitative estimate of drug-likeness (QED) is 0.142. The van der Waals surface area contributed by atoms with Gasteiger partial charge in [-0.1, -0.05) is 32.8 Å². The van der Waals surface area contributed by atoms with Gasteiger partial charge < -0.3 is 25.5 Å². The molecule has 2 aromatic heterocycles. The lowest BCUT2D eigenvalue weighted by Crippen LogP contribution is -2.33. The van der Waals surface area contributed by atoms with E-state index in [0.717, 1.165) is 29.9 Å². The van der Waals surface area contributed by atoms with Crippen LogP contribution in [0.2, 0.25) is 0 Å². The summed E-state index contributed by atoms with van der Waals surface area (Å²) >= 11 is 0. The molecule has 0 saturated carbocycles. The summed E-state index contributed by atoms with van der Waals surface area (Å²) in [6, 6.07) is 17.5. The number of amides is 2. The zero-order valence-electron chi connectivity index (χ0n) is 25.1. The van der Waals surface area contributed by atoms with Gasteiger partial charge in [-0.15, -0.1) is 0 Å². The molecule has 0 aliphatic carbocycles. The number of nitrogens with one attached hydrogen (secondary N) is 1. The lowest BCUT2D eigenvalue weighted by atomic mass is 10.1. The average molecular weight is 600 g/mol. The number of ether oxygens (including phenoxy) is 1. The highest BCUT2D eigenvalue weighted by molar-refractivity contribution is 6.07. The number of pyridine rings is 1. The number of carbonyl (C=O) groups is 3. The zero-order chi connectivity index (χ0) is 31.6. The Morgan fingerprint density at radius 2 is 1.80 bits per heavy atom.